The molecule has 1 unspecified atom stereocenters. The van der Waals surface area contributed by atoms with E-state index in [1.165, 1.54) is 71.0 Å². The Labute approximate surface area is 101 Å². The third-order valence-electron chi connectivity index (χ3n) is 4.47. The lowest BCUT2D eigenvalue weighted by Gasteiger charge is -2.26. The summed E-state index contributed by atoms with van der Waals surface area (Å²) in [6.45, 7) is 3.84. The minimum absolute atomic E-state index is 0.907. The van der Waals surface area contributed by atoms with E-state index in [2.05, 4.69) is 17.3 Å². The van der Waals surface area contributed by atoms with Crippen molar-refractivity contribution in [3.63, 3.8) is 0 Å². The van der Waals surface area contributed by atoms with Crippen LogP contribution in [0.4, 0.5) is 0 Å². The summed E-state index contributed by atoms with van der Waals surface area (Å²) < 4.78 is 0. The van der Waals surface area contributed by atoms with E-state index < -0.39 is 0 Å². The second-order valence-corrected chi connectivity index (χ2v) is 5.77. The molecule has 0 bridgehead atoms. The highest BCUT2D eigenvalue weighted by molar-refractivity contribution is 4.76. The van der Waals surface area contributed by atoms with Gasteiger partial charge in [-0.1, -0.05) is 12.8 Å². The van der Waals surface area contributed by atoms with E-state index in [1.807, 2.05) is 0 Å². The van der Waals surface area contributed by atoms with Gasteiger partial charge in [0.2, 0.25) is 0 Å². The standard InChI is InChI=1S/C14H28N2/c1-16(14-8-2-3-9-14)11-5-7-13-6-4-10-15-12-13/h13-15H,2-12H2,1H3. The topological polar surface area (TPSA) is 15.3 Å². The fourth-order valence-electron chi connectivity index (χ4n) is 3.33. The summed E-state index contributed by atoms with van der Waals surface area (Å²) in [4.78, 5) is 2.61. The third-order valence-corrected chi connectivity index (χ3v) is 4.47. The molecule has 2 fully saturated rings. The van der Waals surface area contributed by atoms with Gasteiger partial charge in [-0.25, -0.2) is 0 Å². The Balaban J connectivity index is 1.56. The average molecular weight is 224 g/mol. The van der Waals surface area contributed by atoms with E-state index in [1.54, 1.807) is 0 Å². The highest BCUT2D eigenvalue weighted by atomic mass is 15.1. The van der Waals surface area contributed by atoms with Gasteiger partial charge in [-0.2, -0.15) is 0 Å². The van der Waals surface area contributed by atoms with Crippen molar-refractivity contribution < 1.29 is 0 Å². The van der Waals surface area contributed by atoms with Crippen molar-refractivity contribution in [1.29, 1.82) is 0 Å². The van der Waals surface area contributed by atoms with Gasteiger partial charge < -0.3 is 10.2 Å². The van der Waals surface area contributed by atoms with Crippen molar-refractivity contribution in [2.75, 3.05) is 26.7 Å². The maximum Gasteiger partial charge on any atom is 0.00922 e. The molecule has 0 radical (unpaired) electrons. The highest BCUT2D eigenvalue weighted by Crippen LogP contribution is 2.23. The van der Waals surface area contributed by atoms with Crippen LogP contribution in [0.2, 0.25) is 0 Å². The molecule has 1 atom stereocenters. The van der Waals surface area contributed by atoms with E-state index >= 15 is 0 Å². The second-order valence-electron chi connectivity index (χ2n) is 5.77. The van der Waals surface area contributed by atoms with Crippen molar-refractivity contribution in [2.45, 2.75) is 57.4 Å². The number of hydrogen-bond donors (Lipinski definition) is 1. The fraction of sp³-hybridized carbons (Fsp3) is 1.00. The number of rotatable bonds is 5. The van der Waals surface area contributed by atoms with Crippen LogP contribution < -0.4 is 5.32 Å². The average Bonchev–Trinajstić information content (AvgIpc) is 2.84. The van der Waals surface area contributed by atoms with Gasteiger partial charge in [0.1, 0.15) is 0 Å². The van der Waals surface area contributed by atoms with Crippen LogP contribution in [-0.2, 0) is 0 Å². The molecule has 1 aliphatic heterocycles. The first-order valence-corrected chi connectivity index (χ1v) is 7.27. The van der Waals surface area contributed by atoms with Gasteiger partial charge in [0, 0.05) is 6.04 Å². The molecule has 2 aliphatic rings. The first-order valence-electron chi connectivity index (χ1n) is 7.27. The number of piperidine rings is 1. The smallest absolute Gasteiger partial charge is 0.00922 e. The zero-order chi connectivity index (χ0) is 11.2. The Hall–Kier alpha value is -0.0800. The molecule has 0 aromatic heterocycles. The lowest BCUT2D eigenvalue weighted by Crippen LogP contribution is -2.32. The Bertz CT molecular complexity index is 181. The van der Waals surface area contributed by atoms with Crippen LogP contribution in [-0.4, -0.2) is 37.6 Å². The van der Waals surface area contributed by atoms with Crippen LogP contribution in [0.3, 0.4) is 0 Å². The number of nitrogens with one attached hydrogen (secondary N) is 1. The minimum Gasteiger partial charge on any atom is -0.316 e. The zero-order valence-electron chi connectivity index (χ0n) is 10.9. The van der Waals surface area contributed by atoms with Crippen molar-refractivity contribution in [2.24, 2.45) is 5.92 Å². The van der Waals surface area contributed by atoms with Crippen LogP contribution in [0.5, 0.6) is 0 Å². The molecular formula is C14H28N2. The van der Waals surface area contributed by atoms with E-state index in [4.69, 9.17) is 0 Å². The monoisotopic (exact) mass is 224 g/mol. The van der Waals surface area contributed by atoms with Gasteiger partial charge in [0.15, 0.2) is 0 Å². The van der Waals surface area contributed by atoms with E-state index in [0.717, 1.165) is 12.0 Å². The molecule has 16 heavy (non-hydrogen) atoms. The van der Waals surface area contributed by atoms with Gasteiger partial charge >= 0.3 is 0 Å². The van der Waals surface area contributed by atoms with Gasteiger partial charge in [0.25, 0.3) is 0 Å². The maximum atomic E-state index is 3.51. The largest absolute Gasteiger partial charge is 0.316 e. The molecule has 1 heterocycles. The number of nitrogens with zero attached hydrogens (tertiary/aromatic N) is 1. The first kappa shape index (κ1) is 12.4. The Morgan fingerprint density at radius 1 is 1.12 bits per heavy atom. The third kappa shape index (κ3) is 3.74. The molecule has 1 aliphatic carbocycles. The van der Waals surface area contributed by atoms with Gasteiger partial charge in [-0.3, -0.25) is 0 Å². The molecule has 1 saturated heterocycles. The molecule has 0 aromatic rings. The molecule has 1 saturated carbocycles. The molecule has 0 aromatic carbocycles. The lowest BCUT2D eigenvalue weighted by atomic mass is 9.94. The van der Waals surface area contributed by atoms with Crippen molar-refractivity contribution in [3.8, 4) is 0 Å². The van der Waals surface area contributed by atoms with Crippen molar-refractivity contribution in [1.82, 2.24) is 10.2 Å². The fourth-order valence-corrected chi connectivity index (χ4v) is 3.33. The van der Waals surface area contributed by atoms with Crippen LogP contribution in [0.1, 0.15) is 51.4 Å². The maximum absolute atomic E-state index is 3.51. The summed E-state index contributed by atoms with van der Waals surface area (Å²) in [5.41, 5.74) is 0. The Morgan fingerprint density at radius 2 is 1.94 bits per heavy atom. The van der Waals surface area contributed by atoms with E-state index in [-0.39, 0.29) is 0 Å². The summed E-state index contributed by atoms with van der Waals surface area (Å²) in [6, 6.07) is 0.907. The predicted molar refractivity (Wildman–Crippen MR) is 69.7 cm³/mol. The molecule has 0 spiro atoms. The summed E-state index contributed by atoms with van der Waals surface area (Å²) >= 11 is 0. The summed E-state index contributed by atoms with van der Waals surface area (Å²) in [5, 5.41) is 3.51. The molecular weight excluding hydrogens is 196 g/mol. The lowest BCUT2D eigenvalue weighted by molar-refractivity contribution is 0.230. The predicted octanol–water partition coefficient (Wildman–Crippen LogP) is 2.64. The SMILES string of the molecule is CN(CCCC1CCCNC1)C1CCCC1. The molecule has 2 heteroatoms. The van der Waals surface area contributed by atoms with Crippen molar-refractivity contribution in [3.05, 3.63) is 0 Å². The summed E-state index contributed by atoms with van der Waals surface area (Å²) in [6.07, 6.45) is 11.5. The van der Waals surface area contributed by atoms with E-state index in [9.17, 15) is 0 Å². The minimum atomic E-state index is 0.907. The van der Waals surface area contributed by atoms with Crippen LogP contribution in [0, 0.1) is 5.92 Å². The Kier molecular flexibility index (Phi) is 5.11. The number of hydrogen-bond acceptors (Lipinski definition) is 2. The van der Waals surface area contributed by atoms with Gasteiger partial charge in [-0.05, 0) is 71.1 Å². The van der Waals surface area contributed by atoms with Gasteiger partial charge in [-0.15, -0.1) is 0 Å². The Morgan fingerprint density at radius 3 is 2.62 bits per heavy atom. The van der Waals surface area contributed by atoms with Crippen LogP contribution in [0.25, 0.3) is 0 Å². The summed E-state index contributed by atoms with van der Waals surface area (Å²) in [7, 11) is 2.33. The van der Waals surface area contributed by atoms with Crippen LogP contribution >= 0.6 is 0 Å². The van der Waals surface area contributed by atoms with Crippen molar-refractivity contribution >= 4 is 0 Å². The zero-order valence-corrected chi connectivity index (χ0v) is 10.9. The van der Waals surface area contributed by atoms with Crippen LogP contribution in [0.15, 0.2) is 0 Å². The first-order chi connectivity index (χ1) is 7.86. The van der Waals surface area contributed by atoms with Gasteiger partial charge in [0.05, 0.1) is 0 Å². The molecule has 94 valence electrons. The molecule has 0 amide bonds. The second kappa shape index (κ2) is 6.61. The highest BCUT2D eigenvalue weighted by Gasteiger charge is 2.19. The molecule has 2 nitrogen and oxygen atoms in total. The quantitative estimate of drug-likeness (QED) is 0.772. The summed E-state index contributed by atoms with van der Waals surface area (Å²) in [5.74, 6) is 0.964. The normalized spacial score (nSPS) is 27.8. The molecule has 2 rings (SSSR count). The molecule has 1 N–H and O–H groups in total. The van der Waals surface area contributed by atoms with E-state index in [0.29, 0.717) is 0 Å².